The number of rotatable bonds is 3. The third-order valence-electron chi connectivity index (χ3n) is 2.48. The van der Waals surface area contributed by atoms with Crippen LogP contribution in [-0.4, -0.2) is 25.8 Å². The van der Waals surface area contributed by atoms with Crippen molar-refractivity contribution < 1.29 is 9.90 Å². The van der Waals surface area contributed by atoms with Crippen LogP contribution in [0.1, 0.15) is 36.2 Å². The first-order chi connectivity index (χ1) is 8.90. The molecule has 0 saturated carbocycles. The van der Waals surface area contributed by atoms with E-state index in [0.717, 1.165) is 3.57 Å². The minimum Gasteiger partial charge on any atom is -0.475 e. The Kier molecular flexibility index (Phi) is 4.10. The lowest BCUT2D eigenvalue weighted by atomic mass is 10.2. The van der Waals surface area contributed by atoms with E-state index in [9.17, 15) is 4.79 Å². The van der Waals surface area contributed by atoms with Gasteiger partial charge in [-0.25, -0.2) is 14.5 Å². The molecule has 1 N–H and O–H groups in total. The number of nitrogens with zero attached hydrogens (tertiary/aromatic N) is 3. The molecule has 0 fully saturated rings. The van der Waals surface area contributed by atoms with Gasteiger partial charge in [-0.15, -0.1) is 5.10 Å². The van der Waals surface area contributed by atoms with E-state index >= 15 is 0 Å². The first kappa shape index (κ1) is 14.3. The molecule has 100 valence electrons. The summed E-state index contributed by atoms with van der Waals surface area (Å²) in [6, 6.07) is 5.48. The fourth-order valence-electron chi connectivity index (χ4n) is 1.62. The fourth-order valence-corrected chi connectivity index (χ4v) is 2.55. The summed E-state index contributed by atoms with van der Waals surface area (Å²) >= 11 is 8.34. The number of carboxylic acids is 1. The van der Waals surface area contributed by atoms with Crippen LogP contribution in [0.5, 0.6) is 0 Å². The molecular formula is C12H11ClIN3O2. The van der Waals surface area contributed by atoms with Gasteiger partial charge in [0.25, 0.3) is 5.82 Å². The second-order valence-electron chi connectivity index (χ2n) is 4.26. The van der Waals surface area contributed by atoms with Crippen molar-refractivity contribution in [1.29, 1.82) is 0 Å². The number of carboxylic acid groups (broad SMARTS) is 1. The highest BCUT2D eigenvalue weighted by Crippen LogP contribution is 2.25. The molecule has 0 aliphatic carbocycles. The second kappa shape index (κ2) is 5.46. The number of benzene rings is 1. The van der Waals surface area contributed by atoms with Gasteiger partial charge in [-0.3, -0.25) is 0 Å². The van der Waals surface area contributed by atoms with E-state index in [2.05, 4.69) is 32.7 Å². The van der Waals surface area contributed by atoms with Crippen molar-refractivity contribution in [2.45, 2.75) is 19.8 Å². The molecule has 0 bridgehead atoms. The van der Waals surface area contributed by atoms with E-state index < -0.39 is 5.97 Å². The Morgan fingerprint density at radius 3 is 2.68 bits per heavy atom. The maximum atomic E-state index is 11.0. The summed E-state index contributed by atoms with van der Waals surface area (Å²) in [7, 11) is 0. The van der Waals surface area contributed by atoms with Crippen molar-refractivity contribution >= 4 is 40.2 Å². The molecule has 0 spiro atoms. The topological polar surface area (TPSA) is 68.0 Å². The van der Waals surface area contributed by atoms with E-state index in [-0.39, 0.29) is 11.7 Å². The molecule has 0 amide bonds. The number of carbonyl (C=O) groups is 1. The number of hydrogen-bond donors (Lipinski definition) is 1. The third kappa shape index (κ3) is 2.89. The Bertz CT molecular complexity index is 640. The van der Waals surface area contributed by atoms with E-state index in [1.165, 1.54) is 4.68 Å². The van der Waals surface area contributed by atoms with Gasteiger partial charge in [0.05, 0.1) is 10.7 Å². The van der Waals surface area contributed by atoms with Gasteiger partial charge in [0, 0.05) is 9.49 Å². The maximum absolute atomic E-state index is 11.0. The molecule has 0 atom stereocenters. The van der Waals surface area contributed by atoms with Gasteiger partial charge in [-0.1, -0.05) is 25.4 Å². The molecule has 7 heteroatoms. The van der Waals surface area contributed by atoms with Gasteiger partial charge in [-0.2, -0.15) is 0 Å². The first-order valence-electron chi connectivity index (χ1n) is 5.56. The van der Waals surface area contributed by atoms with Gasteiger partial charge in [0.15, 0.2) is 0 Å². The molecule has 1 aromatic heterocycles. The molecule has 1 heterocycles. The predicted octanol–water partition coefficient (Wildman–Crippen LogP) is 3.35. The lowest BCUT2D eigenvalue weighted by Gasteiger charge is -2.09. The van der Waals surface area contributed by atoms with Crippen LogP contribution in [-0.2, 0) is 0 Å². The average Bonchev–Trinajstić information content (AvgIpc) is 2.73. The Labute approximate surface area is 128 Å². The largest absolute Gasteiger partial charge is 0.475 e. The highest BCUT2D eigenvalue weighted by atomic mass is 127. The fraction of sp³-hybridized carbons (Fsp3) is 0.250. The van der Waals surface area contributed by atoms with Crippen LogP contribution in [0.15, 0.2) is 18.2 Å². The van der Waals surface area contributed by atoms with E-state index in [1.54, 1.807) is 12.1 Å². The lowest BCUT2D eigenvalue weighted by Crippen LogP contribution is -2.05. The predicted molar refractivity (Wildman–Crippen MR) is 80.1 cm³/mol. The molecule has 0 aliphatic rings. The number of halogens is 2. The Balaban J connectivity index is 2.63. The van der Waals surface area contributed by atoms with Crippen molar-refractivity contribution in [3.05, 3.63) is 38.4 Å². The SMILES string of the molecule is CC(C)c1nc(C(=O)O)nn1-c1ccc(I)cc1Cl. The van der Waals surface area contributed by atoms with Gasteiger partial charge in [-0.05, 0) is 40.8 Å². The Morgan fingerprint density at radius 2 is 2.16 bits per heavy atom. The van der Waals surface area contributed by atoms with Gasteiger partial charge >= 0.3 is 5.97 Å². The second-order valence-corrected chi connectivity index (χ2v) is 5.91. The van der Waals surface area contributed by atoms with Gasteiger partial charge in [0.2, 0.25) is 0 Å². The van der Waals surface area contributed by atoms with E-state index in [1.807, 2.05) is 19.9 Å². The molecule has 2 rings (SSSR count). The van der Waals surface area contributed by atoms with Crippen LogP contribution in [0.25, 0.3) is 5.69 Å². The molecule has 19 heavy (non-hydrogen) atoms. The summed E-state index contributed by atoms with van der Waals surface area (Å²) in [6.07, 6.45) is 0. The monoisotopic (exact) mass is 391 g/mol. The zero-order valence-corrected chi connectivity index (χ0v) is 13.2. The molecule has 0 unspecified atom stereocenters. The van der Waals surface area contributed by atoms with Crippen molar-refractivity contribution in [2.75, 3.05) is 0 Å². The zero-order valence-electron chi connectivity index (χ0n) is 10.3. The molecule has 0 radical (unpaired) electrons. The minimum absolute atomic E-state index is 0.0379. The summed E-state index contributed by atoms with van der Waals surface area (Å²) in [6.45, 7) is 3.85. The third-order valence-corrected chi connectivity index (χ3v) is 3.45. The van der Waals surface area contributed by atoms with Crippen LogP contribution in [0.3, 0.4) is 0 Å². The Hall–Kier alpha value is -1.15. The molecular weight excluding hydrogens is 381 g/mol. The lowest BCUT2D eigenvalue weighted by molar-refractivity contribution is 0.0683. The quantitative estimate of drug-likeness (QED) is 0.815. The van der Waals surface area contributed by atoms with Crippen molar-refractivity contribution in [3.8, 4) is 5.69 Å². The van der Waals surface area contributed by atoms with E-state index in [4.69, 9.17) is 16.7 Å². The van der Waals surface area contributed by atoms with Crippen LogP contribution in [0, 0.1) is 3.57 Å². The summed E-state index contributed by atoms with van der Waals surface area (Å²) in [5.41, 5.74) is 0.630. The normalized spacial score (nSPS) is 11.0. The molecule has 2 aromatic rings. The van der Waals surface area contributed by atoms with Crippen LogP contribution >= 0.6 is 34.2 Å². The Morgan fingerprint density at radius 1 is 1.47 bits per heavy atom. The minimum atomic E-state index is -1.15. The van der Waals surface area contributed by atoms with Crippen molar-refractivity contribution in [3.63, 3.8) is 0 Å². The molecule has 0 saturated heterocycles. The number of aromatic nitrogens is 3. The summed E-state index contributed by atoms with van der Waals surface area (Å²) in [4.78, 5) is 15.0. The standard InChI is InChI=1S/C12H11ClIN3O2/c1-6(2)11-15-10(12(18)19)16-17(11)9-4-3-7(14)5-8(9)13/h3-6H,1-2H3,(H,18,19). The smallest absolute Gasteiger partial charge is 0.375 e. The molecule has 5 nitrogen and oxygen atoms in total. The summed E-state index contributed by atoms with van der Waals surface area (Å²) in [5, 5.41) is 13.5. The van der Waals surface area contributed by atoms with E-state index in [0.29, 0.717) is 16.5 Å². The zero-order chi connectivity index (χ0) is 14.2. The van der Waals surface area contributed by atoms with Crippen LogP contribution in [0.4, 0.5) is 0 Å². The first-order valence-corrected chi connectivity index (χ1v) is 7.01. The van der Waals surface area contributed by atoms with Gasteiger partial charge in [0.1, 0.15) is 5.82 Å². The molecule has 1 aromatic carbocycles. The van der Waals surface area contributed by atoms with Crippen LogP contribution in [0.2, 0.25) is 5.02 Å². The number of hydrogen-bond acceptors (Lipinski definition) is 3. The van der Waals surface area contributed by atoms with Crippen molar-refractivity contribution in [2.24, 2.45) is 0 Å². The maximum Gasteiger partial charge on any atom is 0.375 e. The average molecular weight is 392 g/mol. The molecule has 0 aliphatic heterocycles. The van der Waals surface area contributed by atoms with Crippen molar-refractivity contribution in [1.82, 2.24) is 14.8 Å². The highest BCUT2D eigenvalue weighted by molar-refractivity contribution is 14.1. The summed E-state index contributed by atoms with van der Waals surface area (Å²) < 4.78 is 2.49. The van der Waals surface area contributed by atoms with Crippen LogP contribution < -0.4 is 0 Å². The number of aromatic carboxylic acids is 1. The summed E-state index contributed by atoms with van der Waals surface area (Å²) in [5.74, 6) is -0.767. The van der Waals surface area contributed by atoms with Gasteiger partial charge < -0.3 is 5.11 Å². The highest BCUT2D eigenvalue weighted by Gasteiger charge is 2.19.